The molecule has 23 heavy (non-hydrogen) atoms. The number of amides is 1. The highest BCUT2D eigenvalue weighted by atomic mass is 16.5. The van der Waals surface area contributed by atoms with Crippen LogP contribution in [0.5, 0.6) is 0 Å². The van der Waals surface area contributed by atoms with Crippen LogP contribution in [0.4, 0.5) is 0 Å². The molecule has 1 saturated heterocycles. The number of hydrogen-bond donors (Lipinski definition) is 0. The fourth-order valence-corrected chi connectivity index (χ4v) is 3.04. The first-order chi connectivity index (χ1) is 11.2. The zero-order chi connectivity index (χ0) is 16.1. The van der Waals surface area contributed by atoms with E-state index in [-0.39, 0.29) is 11.8 Å². The maximum absolute atomic E-state index is 12.5. The molecule has 0 N–H and O–H groups in total. The summed E-state index contributed by atoms with van der Waals surface area (Å²) in [7, 11) is 1.89. The molecule has 2 aromatic carbocycles. The van der Waals surface area contributed by atoms with E-state index in [2.05, 4.69) is 36.4 Å². The second kappa shape index (κ2) is 7.42. The van der Waals surface area contributed by atoms with Crippen LogP contribution in [0.1, 0.15) is 18.4 Å². The monoisotopic (exact) mass is 309 g/mol. The quantitative estimate of drug-likeness (QED) is 0.861. The van der Waals surface area contributed by atoms with Gasteiger partial charge in [0.05, 0.1) is 0 Å². The molecular formula is C20H23NO2. The average molecular weight is 309 g/mol. The zero-order valence-electron chi connectivity index (χ0n) is 13.6. The van der Waals surface area contributed by atoms with Crippen LogP contribution in [-0.4, -0.2) is 31.1 Å². The normalized spacial score (nSPS) is 15.3. The van der Waals surface area contributed by atoms with E-state index in [4.69, 9.17) is 4.74 Å². The molecule has 1 heterocycles. The van der Waals surface area contributed by atoms with Gasteiger partial charge in [-0.2, -0.15) is 0 Å². The fourth-order valence-electron chi connectivity index (χ4n) is 3.04. The summed E-state index contributed by atoms with van der Waals surface area (Å²) in [6.07, 6.45) is 1.69. The molecule has 0 spiro atoms. The Morgan fingerprint density at radius 3 is 2.26 bits per heavy atom. The largest absolute Gasteiger partial charge is 0.381 e. The minimum Gasteiger partial charge on any atom is -0.381 e. The van der Waals surface area contributed by atoms with Gasteiger partial charge in [-0.1, -0.05) is 54.6 Å². The number of carbonyl (C=O) groups is 1. The lowest BCUT2D eigenvalue weighted by molar-refractivity contribution is -0.137. The van der Waals surface area contributed by atoms with E-state index >= 15 is 0 Å². The molecule has 0 aliphatic carbocycles. The molecule has 1 amide bonds. The Morgan fingerprint density at radius 2 is 1.61 bits per heavy atom. The van der Waals surface area contributed by atoms with E-state index in [1.807, 2.05) is 30.1 Å². The highest BCUT2D eigenvalue weighted by Crippen LogP contribution is 2.21. The maximum atomic E-state index is 12.5. The molecule has 0 aromatic heterocycles. The van der Waals surface area contributed by atoms with Crippen LogP contribution in [0.2, 0.25) is 0 Å². The third kappa shape index (κ3) is 3.99. The Hall–Kier alpha value is -2.13. The van der Waals surface area contributed by atoms with Crippen LogP contribution >= 0.6 is 0 Å². The van der Waals surface area contributed by atoms with Gasteiger partial charge in [-0.25, -0.2) is 0 Å². The molecule has 1 aliphatic rings. The molecule has 0 unspecified atom stereocenters. The third-order valence-corrected chi connectivity index (χ3v) is 4.43. The van der Waals surface area contributed by atoms with E-state index in [9.17, 15) is 4.79 Å². The Morgan fingerprint density at radius 1 is 1.00 bits per heavy atom. The summed E-state index contributed by atoms with van der Waals surface area (Å²) in [6, 6.07) is 18.8. The third-order valence-electron chi connectivity index (χ3n) is 4.43. The summed E-state index contributed by atoms with van der Waals surface area (Å²) in [5.41, 5.74) is 3.58. The van der Waals surface area contributed by atoms with Gasteiger partial charge in [0.25, 0.3) is 0 Å². The van der Waals surface area contributed by atoms with Gasteiger partial charge < -0.3 is 9.64 Å². The number of carbonyl (C=O) groups excluding carboxylic acids is 1. The van der Waals surface area contributed by atoms with Crippen molar-refractivity contribution in [3.8, 4) is 11.1 Å². The van der Waals surface area contributed by atoms with E-state index in [1.54, 1.807) is 0 Å². The van der Waals surface area contributed by atoms with Crippen LogP contribution in [0, 0.1) is 5.92 Å². The maximum Gasteiger partial charge on any atom is 0.225 e. The predicted octanol–water partition coefficient (Wildman–Crippen LogP) is 3.74. The van der Waals surface area contributed by atoms with E-state index < -0.39 is 0 Å². The Kier molecular flexibility index (Phi) is 5.09. The SMILES string of the molecule is CN(Cc1ccc(-c2ccccc2)cc1)C(=O)C1CCOCC1. The van der Waals surface area contributed by atoms with Crippen molar-refractivity contribution in [2.75, 3.05) is 20.3 Å². The summed E-state index contributed by atoms with van der Waals surface area (Å²) >= 11 is 0. The zero-order valence-corrected chi connectivity index (χ0v) is 13.6. The average Bonchev–Trinajstić information content (AvgIpc) is 2.63. The lowest BCUT2D eigenvalue weighted by atomic mass is 9.98. The van der Waals surface area contributed by atoms with Crippen LogP contribution in [0.25, 0.3) is 11.1 Å². The van der Waals surface area contributed by atoms with Crippen molar-refractivity contribution in [3.05, 3.63) is 60.2 Å². The van der Waals surface area contributed by atoms with E-state index in [0.717, 1.165) is 18.4 Å². The van der Waals surface area contributed by atoms with Crippen LogP contribution in [0.3, 0.4) is 0 Å². The number of nitrogens with zero attached hydrogens (tertiary/aromatic N) is 1. The van der Waals surface area contributed by atoms with Crippen molar-refractivity contribution in [2.45, 2.75) is 19.4 Å². The lowest BCUT2D eigenvalue weighted by Gasteiger charge is -2.26. The molecule has 3 nitrogen and oxygen atoms in total. The second-order valence-electron chi connectivity index (χ2n) is 6.14. The van der Waals surface area contributed by atoms with Crippen LogP contribution in [0.15, 0.2) is 54.6 Å². The molecule has 2 aromatic rings. The summed E-state index contributed by atoms with van der Waals surface area (Å²) in [4.78, 5) is 14.3. The van der Waals surface area contributed by atoms with Crippen molar-refractivity contribution in [1.82, 2.24) is 4.90 Å². The van der Waals surface area contributed by atoms with Crippen molar-refractivity contribution in [1.29, 1.82) is 0 Å². The van der Waals surface area contributed by atoms with Crippen molar-refractivity contribution in [3.63, 3.8) is 0 Å². The summed E-state index contributed by atoms with van der Waals surface area (Å²) in [6.45, 7) is 2.07. The Balaban J connectivity index is 1.62. The highest BCUT2D eigenvalue weighted by Gasteiger charge is 2.24. The number of benzene rings is 2. The first kappa shape index (κ1) is 15.8. The predicted molar refractivity (Wildman–Crippen MR) is 91.9 cm³/mol. The molecule has 0 saturated carbocycles. The van der Waals surface area contributed by atoms with Crippen LogP contribution < -0.4 is 0 Å². The molecule has 1 fully saturated rings. The van der Waals surface area contributed by atoms with Gasteiger partial charge in [-0.05, 0) is 29.5 Å². The van der Waals surface area contributed by atoms with Gasteiger partial charge in [-0.3, -0.25) is 4.79 Å². The molecule has 0 bridgehead atoms. The summed E-state index contributed by atoms with van der Waals surface area (Å²) < 4.78 is 5.33. The molecule has 0 atom stereocenters. The first-order valence-corrected chi connectivity index (χ1v) is 8.21. The topological polar surface area (TPSA) is 29.5 Å². The minimum absolute atomic E-state index is 0.123. The Bertz CT molecular complexity index is 630. The van der Waals surface area contributed by atoms with E-state index in [1.165, 1.54) is 11.1 Å². The van der Waals surface area contributed by atoms with E-state index in [0.29, 0.717) is 19.8 Å². The molecule has 3 heteroatoms. The fraction of sp³-hybridized carbons (Fsp3) is 0.350. The van der Waals surface area contributed by atoms with Gasteiger partial charge >= 0.3 is 0 Å². The lowest BCUT2D eigenvalue weighted by Crippen LogP contribution is -2.35. The second-order valence-corrected chi connectivity index (χ2v) is 6.14. The summed E-state index contributed by atoms with van der Waals surface area (Å²) in [5, 5.41) is 0. The molecule has 0 radical (unpaired) electrons. The summed E-state index contributed by atoms with van der Waals surface area (Å²) in [5.74, 6) is 0.359. The minimum atomic E-state index is 0.123. The van der Waals surface area contributed by atoms with Gasteiger partial charge in [0.1, 0.15) is 0 Å². The molecule has 120 valence electrons. The smallest absolute Gasteiger partial charge is 0.225 e. The standard InChI is InChI=1S/C20H23NO2/c1-21(20(22)19-11-13-23-14-12-19)15-16-7-9-18(10-8-16)17-5-3-2-4-6-17/h2-10,19H,11-15H2,1H3. The number of ether oxygens (including phenoxy) is 1. The number of rotatable bonds is 4. The first-order valence-electron chi connectivity index (χ1n) is 8.21. The molecule has 3 rings (SSSR count). The molecular weight excluding hydrogens is 286 g/mol. The van der Waals surface area contributed by atoms with Gasteiger partial charge in [0, 0.05) is 32.7 Å². The highest BCUT2D eigenvalue weighted by molar-refractivity contribution is 5.78. The Labute approximate surface area is 137 Å². The molecule has 1 aliphatic heterocycles. The van der Waals surface area contributed by atoms with Crippen LogP contribution in [-0.2, 0) is 16.1 Å². The van der Waals surface area contributed by atoms with Crippen molar-refractivity contribution >= 4 is 5.91 Å². The van der Waals surface area contributed by atoms with Gasteiger partial charge in [-0.15, -0.1) is 0 Å². The number of hydrogen-bond acceptors (Lipinski definition) is 2. The van der Waals surface area contributed by atoms with Crippen molar-refractivity contribution in [2.24, 2.45) is 5.92 Å². The van der Waals surface area contributed by atoms with Gasteiger partial charge in [0.2, 0.25) is 5.91 Å². The van der Waals surface area contributed by atoms with Crippen molar-refractivity contribution < 1.29 is 9.53 Å². The van der Waals surface area contributed by atoms with Gasteiger partial charge in [0.15, 0.2) is 0 Å².